The van der Waals surface area contributed by atoms with Gasteiger partial charge in [-0.3, -0.25) is 4.79 Å². The van der Waals surface area contributed by atoms with Gasteiger partial charge in [-0.15, -0.1) is 0 Å². The molecule has 4 aromatic carbocycles. The van der Waals surface area contributed by atoms with Gasteiger partial charge in [0.05, 0.1) is 0 Å². The highest BCUT2D eigenvalue weighted by molar-refractivity contribution is 7.58. The van der Waals surface area contributed by atoms with E-state index in [-0.39, 0.29) is 5.41 Å². The van der Waals surface area contributed by atoms with Crippen LogP contribution < -0.4 is 9.05 Å². The topological polar surface area (TPSA) is 52.6 Å². The molecule has 0 spiro atoms. The zero-order valence-corrected chi connectivity index (χ0v) is 19.9. The molecule has 0 N–H and O–H groups in total. The number of fused-ring (bicyclic) bond motifs is 7. The van der Waals surface area contributed by atoms with Crippen molar-refractivity contribution < 1.29 is 18.4 Å². The highest BCUT2D eigenvalue weighted by atomic mass is 31.2. The molecule has 1 saturated carbocycles. The summed E-state index contributed by atoms with van der Waals surface area (Å²) in [5.41, 5.74) is 1.69. The summed E-state index contributed by atoms with van der Waals surface area (Å²) in [5.74, 6) is 2.96. The fourth-order valence-corrected chi connectivity index (χ4v) is 6.63. The standard InChI is InChI=1S/C29H25O4P/c1-29(17-15-22(30)19-29)16-6-18-34(31)32-25-13-11-20-7-2-4-9-23(20)27(25)28-24-10-5-3-8-21(24)12-14-26(28)33-34/h2-14,18H,15-17,19H2,1H3/b18-6+/t29-/m1/s1. The molecule has 170 valence electrons. The zero-order valence-electron chi connectivity index (χ0n) is 19.0. The predicted octanol–water partition coefficient (Wildman–Crippen LogP) is 8.29. The average molecular weight is 468 g/mol. The molecule has 2 aliphatic rings. The predicted molar refractivity (Wildman–Crippen MR) is 136 cm³/mol. The van der Waals surface area contributed by atoms with Crippen LogP contribution in [-0.4, -0.2) is 5.78 Å². The molecule has 0 amide bonds. The van der Waals surface area contributed by atoms with Gasteiger partial charge in [-0.2, -0.15) is 0 Å². The van der Waals surface area contributed by atoms with Gasteiger partial charge < -0.3 is 9.05 Å². The molecule has 4 aromatic rings. The summed E-state index contributed by atoms with van der Waals surface area (Å²) >= 11 is 0. The lowest BCUT2D eigenvalue weighted by Crippen LogP contribution is -2.10. The summed E-state index contributed by atoms with van der Waals surface area (Å²) in [6.07, 6.45) is 4.56. The summed E-state index contributed by atoms with van der Waals surface area (Å²) in [5, 5.41) is 4.20. The molecular weight excluding hydrogens is 443 g/mol. The van der Waals surface area contributed by atoms with Gasteiger partial charge >= 0.3 is 7.60 Å². The summed E-state index contributed by atoms with van der Waals surface area (Å²) in [6, 6.07) is 24.0. The Bertz CT molecular complexity index is 1440. The second kappa shape index (κ2) is 7.85. The number of rotatable bonds is 3. The van der Waals surface area contributed by atoms with Crippen LogP contribution in [0.1, 0.15) is 32.6 Å². The maximum atomic E-state index is 14.0. The van der Waals surface area contributed by atoms with E-state index < -0.39 is 7.60 Å². The van der Waals surface area contributed by atoms with Crippen LogP contribution in [0.2, 0.25) is 0 Å². The molecule has 1 heterocycles. The summed E-state index contributed by atoms with van der Waals surface area (Å²) in [4.78, 5) is 11.8. The van der Waals surface area contributed by atoms with Crippen molar-refractivity contribution in [3.8, 4) is 22.6 Å². The molecule has 4 nitrogen and oxygen atoms in total. The number of ketones is 1. The first-order valence-corrected chi connectivity index (χ1v) is 13.3. The quantitative estimate of drug-likeness (QED) is 0.284. The molecule has 1 atom stereocenters. The minimum Gasteiger partial charge on any atom is -0.413 e. The lowest BCUT2D eigenvalue weighted by Gasteiger charge is -2.20. The number of hydrogen-bond donors (Lipinski definition) is 0. The molecule has 1 aliphatic heterocycles. The Labute approximate surface area is 198 Å². The van der Waals surface area contributed by atoms with E-state index in [2.05, 4.69) is 31.2 Å². The van der Waals surface area contributed by atoms with Crippen molar-refractivity contribution in [2.45, 2.75) is 32.6 Å². The van der Waals surface area contributed by atoms with Crippen molar-refractivity contribution >= 4 is 34.9 Å². The second-order valence-corrected chi connectivity index (χ2v) is 11.4. The molecule has 0 saturated heterocycles. The summed E-state index contributed by atoms with van der Waals surface area (Å²) in [6.45, 7) is 2.11. The molecular formula is C29H25O4P. The Hall–Kier alpha value is -3.36. The molecule has 0 aromatic heterocycles. The van der Waals surface area contributed by atoms with Crippen molar-refractivity contribution in [2.75, 3.05) is 0 Å². The van der Waals surface area contributed by atoms with Gasteiger partial charge in [-0.05, 0) is 51.9 Å². The Balaban J connectivity index is 1.51. The monoisotopic (exact) mass is 468 g/mol. The van der Waals surface area contributed by atoms with Crippen molar-refractivity contribution in [1.82, 2.24) is 0 Å². The van der Waals surface area contributed by atoms with E-state index in [1.54, 1.807) is 5.82 Å². The number of Topliss-reactive ketones (excluding diaryl/α,β-unsaturated/α-hetero) is 1. The minimum absolute atomic E-state index is 0.0964. The maximum Gasteiger partial charge on any atom is 0.455 e. The molecule has 1 aliphatic carbocycles. The number of carbonyl (C=O) groups excluding carboxylic acids is 1. The van der Waals surface area contributed by atoms with Crippen LogP contribution in [0.25, 0.3) is 32.7 Å². The number of benzene rings is 4. The number of allylic oxidation sites excluding steroid dienone is 1. The second-order valence-electron chi connectivity index (χ2n) is 9.66. The van der Waals surface area contributed by atoms with Crippen LogP contribution in [0.5, 0.6) is 11.5 Å². The largest absolute Gasteiger partial charge is 0.455 e. The van der Waals surface area contributed by atoms with Crippen LogP contribution in [0.15, 0.2) is 84.7 Å². The van der Waals surface area contributed by atoms with E-state index in [9.17, 15) is 9.36 Å². The van der Waals surface area contributed by atoms with Crippen LogP contribution in [0.3, 0.4) is 0 Å². The third kappa shape index (κ3) is 3.63. The zero-order chi connectivity index (χ0) is 23.3. The fraction of sp³-hybridized carbons (Fsp3) is 0.207. The molecule has 5 heteroatoms. The Morgan fingerprint density at radius 3 is 1.94 bits per heavy atom. The Morgan fingerprint density at radius 2 is 1.41 bits per heavy atom. The van der Waals surface area contributed by atoms with Crippen LogP contribution in [0.4, 0.5) is 0 Å². The highest BCUT2D eigenvalue weighted by Gasteiger charge is 2.35. The van der Waals surface area contributed by atoms with E-state index in [4.69, 9.17) is 9.05 Å². The van der Waals surface area contributed by atoms with Crippen molar-refractivity contribution in [3.05, 3.63) is 84.7 Å². The third-order valence-corrected chi connectivity index (χ3v) is 8.49. The smallest absolute Gasteiger partial charge is 0.413 e. The van der Waals surface area contributed by atoms with Gasteiger partial charge in [0, 0.05) is 29.8 Å². The minimum atomic E-state index is -3.64. The highest BCUT2D eigenvalue weighted by Crippen LogP contribution is 2.59. The SMILES string of the molecule is C[C@@]1(C/C=C/P2(=O)Oc3ccc4ccccc4c3-c3c(ccc4ccccc34)O2)CCC(=O)C1. The van der Waals surface area contributed by atoms with Gasteiger partial charge in [-0.1, -0.05) is 73.7 Å². The third-order valence-electron chi connectivity index (χ3n) is 7.01. The van der Waals surface area contributed by atoms with E-state index in [0.717, 1.165) is 39.1 Å². The first-order valence-electron chi connectivity index (χ1n) is 11.7. The van der Waals surface area contributed by atoms with E-state index in [1.807, 2.05) is 54.6 Å². The van der Waals surface area contributed by atoms with Crippen LogP contribution >= 0.6 is 7.60 Å². The van der Waals surface area contributed by atoms with Gasteiger partial charge in [0.25, 0.3) is 0 Å². The van der Waals surface area contributed by atoms with E-state index in [0.29, 0.717) is 36.5 Å². The van der Waals surface area contributed by atoms with Gasteiger partial charge in [0.2, 0.25) is 0 Å². The molecule has 0 radical (unpaired) electrons. The molecule has 0 bridgehead atoms. The molecule has 0 unspecified atom stereocenters. The van der Waals surface area contributed by atoms with Gasteiger partial charge in [0.1, 0.15) is 17.3 Å². The Morgan fingerprint density at radius 1 is 0.853 bits per heavy atom. The summed E-state index contributed by atoms with van der Waals surface area (Å²) in [7, 11) is -3.64. The number of hydrogen-bond acceptors (Lipinski definition) is 4. The normalized spacial score (nSPS) is 21.1. The van der Waals surface area contributed by atoms with Crippen molar-refractivity contribution in [2.24, 2.45) is 5.41 Å². The van der Waals surface area contributed by atoms with Crippen molar-refractivity contribution in [3.63, 3.8) is 0 Å². The molecule has 1 fully saturated rings. The van der Waals surface area contributed by atoms with Gasteiger partial charge in [0.15, 0.2) is 0 Å². The van der Waals surface area contributed by atoms with Gasteiger partial charge in [-0.25, -0.2) is 4.57 Å². The first kappa shape index (κ1) is 21.2. The lowest BCUT2D eigenvalue weighted by atomic mass is 9.85. The first-order chi connectivity index (χ1) is 16.4. The lowest BCUT2D eigenvalue weighted by molar-refractivity contribution is -0.117. The summed E-state index contributed by atoms with van der Waals surface area (Å²) < 4.78 is 26.4. The number of carbonyl (C=O) groups is 1. The average Bonchev–Trinajstić information content (AvgIpc) is 3.10. The fourth-order valence-electron chi connectivity index (χ4n) is 5.26. The molecule has 6 rings (SSSR count). The maximum absolute atomic E-state index is 14.0. The van der Waals surface area contributed by atoms with Crippen LogP contribution in [0, 0.1) is 5.41 Å². The van der Waals surface area contributed by atoms with Crippen molar-refractivity contribution in [1.29, 1.82) is 0 Å². The Kier molecular flexibility index (Phi) is 4.89. The van der Waals surface area contributed by atoms with E-state index in [1.165, 1.54) is 0 Å². The van der Waals surface area contributed by atoms with Crippen LogP contribution in [-0.2, 0) is 9.36 Å². The molecule has 34 heavy (non-hydrogen) atoms. The van der Waals surface area contributed by atoms with E-state index >= 15 is 0 Å².